The first-order chi connectivity index (χ1) is 8.75. The Balaban J connectivity index is 1.67. The minimum atomic E-state index is 0.241. The largest absolute Gasteiger partial charge is 0.339 e. The van der Waals surface area contributed by atoms with E-state index in [1.54, 1.807) is 12.4 Å². The molecule has 2 saturated heterocycles. The minimum absolute atomic E-state index is 0.241. The number of pyridine rings is 1. The van der Waals surface area contributed by atoms with E-state index in [9.17, 15) is 4.79 Å². The highest BCUT2D eigenvalue weighted by Crippen LogP contribution is 2.32. The summed E-state index contributed by atoms with van der Waals surface area (Å²) in [5.41, 5.74) is 1.00. The monoisotopic (exact) mass is 245 g/mol. The standard InChI is InChI=1S/C14H19N3O/c1-10-13-8-16-7-12(13)9-17(10)14(18)5-11-3-2-4-15-6-11/h2-4,6,10,12-13,16H,5,7-9H2,1H3. The van der Waals surface area contributed by atoms with Gasteiger partial charge in [0.15, 0.2) is 0 Å². The lowest BCUT2D eigenvalue weighted by Crippen LogP contribution is -2.38. The quantitative estimate of drug-likeness (QED) is 0.834. The van der Waals surface area contributed by atoms with Crippen molar-refractivity contribution >= 4 is 5.91 Å². The van der Waals surface area contributed by atoms with E-state index in [4.69, 9.17) is 0 Å². The maximum Gasteiger partial charge on any atom is 0.227 e. The summed E-state index contributed by atoms with van der Waals surface area (Å²) >= 11 is 0. The Labute approximate surface area is 107 Å². The molecule has 0 radical (unpaired) electrons. The molecule has 3 atom stereocenters. The number of likely N-dealkylation sites (tertiary alicyclic amines) is 1. The molecule has 2 fully saturated rings. The molecular weight excluding hydrogens is 226 g/mol. The van der Waals surface area contributed by atoms with Crippen LogP contribution in [0.5, 0.6) is 0 Å². The third-order valence-electron chi connectivity index (χ3n) is 4.33. The zero-order valence-electron chi connectivity index (χ0n) is 10.7. The second-order valence-electron chi connectivity index (χ2n) is 5.41. The summed E-state index contributed by atoms with van der Waals surface area (Å²) in [6, 6.07) is 4.22. The van der Waals surface area contributed by atoms with Crippen molar-refractivity contribution in [3.63, 3.8) is 0 Å². The summed E-state index contributed by atoms with van der Waals surface area (Å²) in [5, 5.41) is 3.42. The summed E-state index contributed by atoms with van der Waals surface area (Å²) in [4.78, 5) is 18.5. The topological polar surface area (TPSA) is 45.2 Å². The van der Waals surface area contributed by atoms with Gasteiger partial charge in [0.1, 0.15) is 0 Å². The fourth-order valence-corrected chi connectivity index (χ4v) is 3.28. The van der Waals surface area contributed by atoms with E-state index in [0.29, 0.717) is 24.3 Å². The molecular formula is C14H19N3O. The molecule has 4 heteroatoms. The first kappa shape index (κ1) is 11.7. The van der Waals surface area contributed by atoms with Crippen molar-refractivity contribution in [2.75, 3.05) is 19.6 Å². The molecule has 0 saturated carbocycles. The van der Waals surface area contributed by atoms with Crippen molar-refractivity contribution in [1.29, 1.82) is 0 Å². The molecule has 1 amide bonds. The highest BCUT2D eigenvalue weighted by molar-refractivity contribution is 5.79. The van der Waals surface area contributed by atoms with Crippen LogP contribution in [0.4, 0.5) is 0 Å². The third kappa shape index (κ3) is 2.01. The Morgan fingerprint density at radius 2 is 2.44 bits per heavy atom. The average molecular weight is 245 g/mol. The second-order valence-corrected chi connectivity index (χ2v) is 5.41. The first-order valence-electron chi connectivity index (χ1n) is 6.65. The summed E-state index contributed by atoms with van der Waals surface area (Å²) < 4.78 is 0. The van der Waals surface area contributed by atoms with Crippen LogP contribution in [0.2, 0.25) is 0 Å². The molecule has 2 aliphatic rings. The lowest BCUT2D eigenvalue weighted by Gasteiger charge is -2.24. The Kier molecular flexibility index (Phi) is 3.04. The lowest BCUT2D eigenvalue weighted by atomic mass is 9.95. The van der Waals surface area contributed by atoms with E-state index < -0.39 is 0 Å². The van der Waals surface area contributed by atoms with Crippen LogP contribution in [0.25, 0.3) is 0 Å². The minimum Gasteiger partial charge on any atom is -0.339 e. The molecule has 3 rings (SSSR count). The van der Waals surface area contributed by atoms with E-state index in [0.717, 1.165) is 25.2 Å². The molecule has 0 bridgehead atoms. The van der Waals surface area contributed by atoms with Crippen LogP contribution in [-0.2, 0) is 11.2 Å². The van der Waals surface area contributed by atoms with Crippen LogP contribution in [0.1, 0.15) is 12.5 Å². The van der Waals surface area contributed by atoms with Crippen molar-refractivity contribution in [3.8, 4) is 0 Å². The van der Waals surface area contributed by atoms with Crippen LogP contribution in [0, 0.1) is 11.8 Å². The van der Waals surface area contributed by atoms with E-state index in [1.165, 1.54) is 0 Å². The normalized spacial score (nSPS) is 30.5. The molecule has 1 N–H and O–H groups in total. The molecule has 2 aliphatic heterocycles. The van der Waals surface area contributed by atoms with Crippen LogP contribution in [0.15, 0.2) is 24.5 Å². The van der Waals surface area contributed by atoms with Gasteiger partial charge in [-0.2, -0.15) is 0 Å². The van der Waals surface area contributed by atoms with Gasteiger partial charge in [0.2, 0.25) is 5.91 Å². The van der Waals surface area contributed by atoms with Crippen LogP contribution >= 0.6 is 0 Å². The molecule has 1 aromatic heterocycles. The number of hydrogen-bond donors (Lipinski definition) is 1. The van der Waals surface area contributed by atoms with Gasteiger partial charge in [-0.1, -0.05) is 6.07 Å². The Morgan fingerprint density at radius 1 is 1.56 bits per heavy atom. The Morgan fingerprint density at radius 3 is 3.17 bits per heavy atom. The highest BCUT2D eigenvalue weighted by Gasteiger charge is 2.43. The van der Waals surface area contributed by atoms with Gasteiger partial charge in [0.05, 0.1) is 6.42 Å². The number of nitrogens with zero attached hydrogens (tertiary/aromatic N) is 2. The second kappa shape index (κ2) is 4.69. The fourth-order valence-electron chi connectivity index (χ4n) is 3.28. The molecule has 3 unspecified atom stereocenters. The van der Waals surface area contributed by atoms with Crippen molar-refractivity contribution in [2.24, 2.45) is 11.8 Å². The average Bonchev–Trinajstić information content (AvgIpc) is 2.94. The molecule has 4 nitrogen and oxygen atoms in total. The van der Waals surface area contributed by atoms with E-state index in [-0.39, 0.29) is 5.91 Å². The van der Waals surface area contributed by atoms with Crippen LogP contribution < -0.4 is 5.32 Å². The SMILES string of the molecule is CC1C2CNCC2CN1C(=O)Cc1cccnc1. The van der Waals surface area contributed by atoms with Crippen molar-refractivity contribution in [2.45, 2.75) is 19.4 Å². The number of nitrogens with one attached hydrogen (secondary N) is 1. The number of rotatable bonds is 2. The molecule has 1 aromatic rings. The maximum atomic E-state index is 12.3. The van der Waals surface area contributed by atoms with Gasteiger partial charge >= 0.3 is 0 Å². The first-order valence-corrected chi connectivity index (χ1v) is 6.65. The lowest BCUT2D eigenvalue weighted by molar-refractivity contribution is -0.131. The predicted molar refractivity (Wildman–Crippen MR) is 69.0 cm³/mol. The smallest absolute Gasteiger partial charge is 0.227 e. The molecule has 96 valence electrons. The maximum absolute atomic E-state index is 12.3. The van der Waals surface area contributed by atoms with Gasteiger partial charge in [-0.15, -0.1) is 0 Å². The Bertz CT molecular complexity index is 434. The summed E-state index contributed by atoms with van der Waals surface area (Å²) in [6.07, 6.45) is 3.99. The van der Waals surface area contributed by atoms with Gasteiger partial charge < -0.3 is 10.2 Å². The van der Waals surface area contributed by atoms with Crippen molar-refractivity contribution < 1.29 is 4.79 Å². The number of amides is 1. The zero-order chi connectivity index (χ0) is 12.5. The van der Waals surface area contributed by atoms with E-state index in [1.807, 2.05) is 12.1 Å². The molecule has 0 aliphatic carbocycles. The number of fused-ring (bicyclic) bond motifs is 1. The van der Waals surface area contributed by atoms with E-state index >= 15 is 0 Å². The molecule has 0 spiro atoms. The molecule has 0 aromatic carbocycles. The number of carbonyl (C=O) groups excluding carboxylic acids is 1. The molecule has 18 heavy (non-hydrogen) atoms. The highest BCUT2D eigenvalue weighted by atomic mass is 16.2. The summed E-state index contributed by atoms with van der Waals surface area (Å²) in [7, 11) is 0. The summed E-state index contributed by atoms with van der Waals surface area (Å²) in [6.45, 7) is 5.21. The van der Waals surface area contributed by atoms with E-state index in [2.05, 4.69) is 22.1 Å². The third-order valence-corrected chi connectivity index (χ3v) is 4.33. The summed E-state index contributed by atoms with van der Waals surface area (Å²) in [5.74, 6) is 1.53. The Hall–Kier alpha value is -1.42. The number of carbonyl (C=O) groups is 1. The van der Waals surface area contributed by atoms with Crippen LogP contribution in [0.3, 0.4) is 0 Å². The van der Waals surface area contributed by atoms with Crippen LogP contribution in [-0.4, -0.2) is 41.5 Å². The van der Waals surface area contributed by atoms with Crippen molar-refractivity contribution in [1.82, 2.24) is 15.2 Å². The molecule has 3 heterocycles. The van der Waals surface area contributed by atoms with Gasteiger partial charge in [-0.25, -0.2) is 0 Å². The van der Waals surface area contributed by atoms with Gasteiger partial charge in [0, 0.05) is 38.1 Å². The van der Waals surface area contributed by atoms with Crippen molar-refractivity contribution in [3.05, 3.63) is 30.1 Å². The van der Waals surface area contributed by atoms with Gasteiger partial charge in [-0.05, 0) is 30.4 Å². The zero-order valence-corrected chi connectivity index (χ0v) is 10.7. The number of aromatic nitrogens is 1. The number of hydrogen-bond acceptors (Lipinski definition) is 3. The van der Waals surface area contributed by atoms with Gasteiger partial charge in [-0.3, -0.25) is 9.78 Å². The van der Waals surface area contributed by atoms with Gasteiger partial charge in [0.25, 0.3) is 0 Å². The fraction of sp³-hybridized carbons (Fsp3) is 0.571. The predicted octanol–water partition coefficient (Wildman–Crippen LogP) is 0.690.